The van der Waals surface area contributed by atoms with Crippen LogP contribution < -0.4 is 20.5 Å². The van der Waals surface area contributed by atoms with Crippen LogP contribution in [0.25, 0.3) is 0 Å². The Morgan fingerprint density at radius 3 is 2.44 bits per heavy atom. The molecule has 6 nitrogen and oxygen atoms in total. The number of anilines is 1. The maximum Gasteiger partial charge on any atom is 0.193 e. The highest BCUT2D eigenvalue weighted by atomic mass is 16.5. The van der Waals surface area contributed by atoms with Gasteiger partial charge in [0.2, 0.25) is 0 Å². The van der Waals surface area contributed by atoms with Crippen LogP contribution in [0.1, 0.15) is 24.4 Å². The molecular formula is C21H28N4O2. The molecule has 1 aliphatic rings. The van der Waals surface area contributed by atoms with E-state index in [4.69, 9.17) is 15.2 Å². The molecular weight excluding hydrogens is 340 g/mol. The van der Waals surface area contributed by atoms with Crippen molar-refractivity contribution in [1.29, 1.82) is 0 Å². The molecule has 1 saturated heterocycles. The van der Waals surface area contributed by atoms with Gasteiger partial charge in [-0.25, -0.2) is 0 Å². The number of aliphatic imine (C=N–C) groups is 1. The van der Waals surface area contributed by atoms with E-state index < -0.39 is 0 Å². The normalized spacial score (nSPS) is 16.1. The van der Waals surface area contributed by atoms with Crippen LogP contribution in [-0.4, -0.2) is 44.7 Å². The molecule has 6 heteroatoms. The number of hydrogen-bond acceptors (Lipinski definition) is 4. The third-order valence-corrected chi connectivity index (χ3v) is 4.86. The second-order valence-corrected chi connectivity index (χ2v) is 6.61. The van der Waals surface area contributed by atoms with Gasteiger partial charge in [0.15, 0.2) is 5.96 Å². The van der Waals surface area contributed by atoms with Gasteiger partial charge in [0.1, 0.15) is 11.5 Å². The fourth-order valence-electron chi connectivity index (χ4n) is 3.38. The van der Waals surface area contributed by atoms with Crippen molar-refractivity contribution in [2.45, 2.75) is 18.9 Å². The number of guanidine groups is 1. The molecule has 0 aliphatic carbocycles. The lowest BCUT2D eigenvalue weighted by atomic mass is 10.1. The minimum Gasteiger partial charge on any atom is -0.497 e. The van der Waals surface area contributed by atoms with Gasteiger partial charge in [-0.1, -0.05) is 18.2 Å². The minimum absolute atomic E-state index is 0.212. The summed E-state index contributed by atoms with van der Waals surface area (Å²) in [4.78, 5) is 7.08. The number of nitrogens with one attached hydrogen (secondary N) is 1. The molecule has 1 fully saturated rings. The number of nitrogens with two attached hydrogens (primary N) is 1. The molecule has 0 spiro atoms. The van der Waals surface area contributed by atoms with Crippen molar-refractivity contribution >= 4 is 11.6 Å². The van der Waals surface area contributed by atoms with Crippen LogP contribution in [0.15, 0.2) is 53.5 Å². The first-order valence-corrected chi connectivity index (χ1v) is 9.28. The molecule has 2 aromatic rings. The predicted molar refractivity (Wildman–Crippen MR) is 110 cm³/mol. The SMILES string of the molecule is COc1ccc(C(CN=C(N)Nc2cccc(OC)c2)N2CCCC2)cc1. The minimum atomic E-state index is 0.212. The van der Waals surface area contributed by atoms with Crippen LogP contribution in [0, 0.1) is 0 Å². The summed E-state index contributed by atoms with van der Waals surface area (Å²) < 4.78 is 10.5. The smallest absolute Gasteiger partial charge is 0.193 e. The maximum absolute atomic E-state index is 6.13. The Balaban J connectivity index is 1.71. The van der Waals surface area contributed by atoms with Crippen molar-refractivity contribution < 1.29 is 9.47 Å². The number of likely N-dealkylation sites (tertiary alicyclic amines) is 1. The zero-order valence-corrected chi connectivity index (χ0v) is 16.0. The number of rotatable bonds is 7. The summed E-state index contributed by atoms with van der Waals surface area (Å²) in [5, 5.41) is 3.14. The maximum atomic E-state index is 6.13. The zero-order chi connectivity index (χ0) is 19.1. The Bertz CT molecular complexity index is 755. The van der Waals surface area contributed by atoms with Crippen LogP contribution in [0.4, 0.5) is 5.69 Å². The second kappa shape index (κ2) is 9.28. The van der Waals surface area contributed by atoms with Crippen molar-refractivity contribution in [2.75, 3.05) is 39.2 Å². The molecule has 0 bridgehead atoms. The lowest BCUT2D eigenvalue weighted by Gasteiger charge is -2.27. The molecule has 0 amide bonds. The van der Waals surface area contributed by atoms with Crippen molar-refractivity contribution in [1.82, 2.24) is 4.90 Å². The lowest BCUT2D eigenvalue weighted by molar-refractivity contribution is 0.251. The topological polar surface area (TPSA) is 72.1 Å². The van der Waals surface area contributed by atoms with Crippen molar-refractivity contribution in [3.8, 4) is 11.5 Å². The summed E-state index contributed by atoms with van der Waals surface area (Å²) in [6, 6.07) is 16.1. The quantitative estimate of drug-likeness (QED) is 0.580. The summed E-state index contributed by atoms with van der Waals surface area (Å²) in [5.41, 5.74) is 8.22. The molecule has 0 saturated carbocycles. The molecule has 3 rings (SSSR count). The van der Waals surface area contributed by atoms with Gasteiger partial charge in [-0.3, -0.25) is 9.89 Å². The molecule has 0 aromatic heterocycles. The molecule has 1 heterocycles. The van der Waals surface area contributed by atoms with E-state index in [0.29, 0.717) is 12.5 Å². The molecule has 3 N–H and O–H groups in total. The van der Waals surface area contributed by atoms with Crippen LogP contribution in [0.2, 0.25) is 0 Å². The third-order valence-electron chi connectivity index (χ3n) is 4.86. The zero-order valence-electron chi connectivity index (χ0n) is 16.0. The van der Waals surface area contributed by atoms with Gasteiger partial charge >= 0.3 is 0 Å². The number of methoxy groups -OCH3 is 2. The highest BCUT2D eigenvalue weighted by Crippen LogP contribution is 2.27. The standard InChI is InChI=1S/C21H28N4O2/c1-26-18-10-8-16(9-11-18)20(25-12-3-4-13-25)15-23-21(22)24-17-6-5-7-19(14-17)27-2/h5-11,14,20H,3-4,12-13,15H2,1-2H3,(H3,22,23,24). The fraction of sp³-hybridized carbons (Fsp3) is 0.381. The van der Waals surface area contributed by atoms with Gasteiger partial charge in [0.25, 0.3) is 0 Å². The number of nitrogens with zero attached hydrogens (tertiary/aromatic N) is 2. The molecule has 27 heavy (non-hydrogen) atoms. The molecule has 1 atom stereocenters. The fourth-order valence-corrected chi connectivity index (χ4v) is 3.38. The first-order chi connectivity index (χ1) is 13.2. The summed E-state index contributed by atoms with van der Waals surface area (Å²) >= 11 is 0. The first-order valence-electron chi connectivity index (χ1n) is 9.28. The Morgan fingerprint density at radius 2 is 1.78 bits per heavy atom. The van der Waals surface area contributed by atoms with E-state index in [9.17, 15) is 0 Å². The van der Waals surface area contributed by atoms with Crippen LogP contribution in [0.3, 0.4) is 0 Å². The summed E-state index contributed by atoms with van der Waals surface area (Å²) in [6.45, 7) is 2.79. The van der Waals surface area contributed by atoms with Crippen molar-refractivity contribution in [2.24, 2.45) is 10.7 Å². The Kier molecular flexibility index (Phi) is 6.54. The van der Waals surface area contributed by atoms with Crippen molar-refractivity contribution in [3.05, 3.63) is 54.1 Å². The molecule has 144 valence electrons. The monoisotopic (exact) mass is 368 g/mol. The molecule has 1 unspecified atom stereocenters. The highest BCUT2D eigenvalue weighted by Gasteiger charge is 2.23. The van der Waals surface area contributed by atoms with Crippen molar-refractivity contribution in [3.63, 3.8) is 0 Å². The first kappa shape index (κ1) is 19.0. The molecule has 2 aromatic carbocycles. The van der Waals surface area contributed by atoms with Gasteiger partial charge in [0.05, 0.1) is 26.8 Å². The predicted octanol–water partition coefficient (Wildman–Crippen LogP) is 3.27. The van der Waals surface area contributed by atoms with Gasteiger partial charge in [-0.2, -0.15) is 0 Å². The van der Waals surface area contributed by atoms with Crippen LogP contribution in [-0.2, 0) is 0 Å². The van der Waals surface area contributed by atoms with E-state index >= 15 is 0 Å². The third kappa shape index (κ3) is 5.14. The number of benzene rings is 2. The van der Waals surface area contributed by atoms with Crippen LogP contribution in [0.5, 0.6) is 11.5 Å². The lowest BCUT2D eigenvalue weighted by Crippen LogP contribution is -2.30. The van der Waals surface area contributed by atoms with Gasteiger partial charge in [0, 0.05) is 11.8 Å². The second-order valence-electron chi connectivity index (χ2n) is 6.61. The Labute approximate surface area is 161 Å². The van der Waals surface area contributed by atoms with Gasteiger partial charge in [-0.15, -0.1) is 0 Å². The number of ether oxygens (including phenoxy) is 2. The molecule has 0 radical (unpaired) electrons. The number of hydrogen-bond donors (Lipinski definition) is 2. The summed E-state index contributed by atoms with van der Waals surface area (Å²) in [5.74, 6) is 2.04. The van der Waals surface area contributed by atoms with E-state index in [0.717, 1.165) is 30.3 Å². The van der Waals surface area contributed by atoms with E-state index in [2.05, 4.69) is 27.3 Å². The van der Waals surface area contributed by atoms with E-state index in [1.54, 1.807) is 14.2 Å². The Hall–Kier alpha value is -2.73. The Morgan fingerprint density at radius 1 is 1.07 bits per heavy atom. The van der Waals surface area contributed by atoms with Gasteiger partial charge < -0.3 is 20.5 Å². The summed E-state index contributed by atoms with van der Waals surface area (Å²) in [6.07, 6.45) is 2.46. The average Bonchev–Trinajstić information content (AvgIpc) is 3.23. The van der Waals surface area contributed by atoms with E-state index in [1.165, 1.54) is 18.4 Å². The van der Waals surface area contributed by atoms with Gasteiger partial charge in [-0.05, 0) is 55.8 Å². The largest absolute Gasteiger partial charge is 0.497 e. The average molecular weight is 368 g/mol. The highest BCUT2D eigenvalue weighted by molar-refractivity contribution is 5.92. The van der Waals surface area contributed by atoms with Crippen LogP contribution >= 0.6 is 0 Å². The molecule has 1 aliphatic heterocycles. The summed E-state index contributed by atoms with van der Waals surface area (Å²) in [7, 11) is 3.33. The van der Waals surface area contributed by atoms with E-state index in [-0.39, 0.29) is 6.04 Å². The van der Waals surface area contributed by atoms with E-state index in [1.807, 2.05) is 36.4 Å².